The largest absolute Gasteiger partial charge is 0.507 e. The molecule has 20 heavy (non-hydrogen) atoms. The zero-order chi connectivity index (χ0) is 14.5. The van der Waals surface area contributed by atoms with Crippen molar-refractivity contribution in [3.63, 3.8) is 0 Å². The maximum absolute atomic E-state index is 10.0. The topological polar surface area (TPSA) is 79.4 Å². The molecule has 0 atom stereocenters. The van der Waals surface area contributed by atoms with E-state index in [9.17, 15) is 5.11 Å². The Kier molecular flexibility index (Phi) is 4.68. The smallest absolute Gasteiger partial charge is 0.128 e. The lowest BCUT2D eigenvalue weighted by Gasteiger charge is -2.03. The maximum Gasteiger partial charge on any atom is 0.128 e. The number of fused-ring (bicyclic) bond motifs is 1. The number of hydrogen-bond donors (Lipinski definition) is 3. The molecule has 4 nitrogen and oxygen atoms in total. The van der Waals surface area contributed by atoms with Crippen molar-refractivity contribution in [2.24, 2.45) is 5.73 Å². The summed E-state index contributed by atoms with van der Waals surface area (Å²) in [4.78, 5) is 4.53. The molecule has 5 heteroatoms. The van der Waals surface area contributed by atoms with E-state index in [0.29, 0.717) is 6.54 Å². The summed E-state index contributed by atoms with van der Waals surface area (Å²) in [7, 11) is 1.00. The number of thiazole rings is 1. The number of nitrogens with zero attached hydrogens (tertiary/aromatic N) is 1. The molecule has 0 saturated carbocycles. The van der Waals surface area contributed by atoms with Gasteiger partial charge in [0.1, 0.15) is 10.8 Å². The third-order valence-corrected chi connectivity index (χ3v) is 3.89. The predicted octanol–water partition coefficient (Wildman–Crippen LogP) is 2.74. The number of aliphatic hydroxyl groups excluding tert-OH is 1. The monoisotopic (exact) mass is 288 g/mol. The second-order valence-electron chi connectivity index (χ2n) is 4.04. The van der Waals surface area contributed by atoms with Crippen molar-refractivity contribution in [3.05, 3.63) is 48.0 Å². The summed E-state index contributed by atoms with van der Waals surface area (Å²) in [5.74, 6) is 0.233. The number of aliphatic hydroxyl groups is 1. The van der Waals surface area contributed by atoms with Gasteiger partial charge >= 0.3 is 0 Å². The van der Waals surface area contributed by atoms with Gasteiger partial charge in [-0.1, -0.05) is 18.2 Å². The Bertz CT molecular complexity index is 677. The van der Waals surface area contributed by atoms with Crippen LogP contribution in [0.15, 0.2) is 42.5 Å². The SMILES string of the molecule is CO.NCc1ccc(-c2nc3ccccc3s2)c(O)c1. The molecule has 4 N–H and O–H groups in total. The number of hydrogen-bond acceptors (Lipinski definition) is 5. The number of para-hydroxylation sites is 1. The molecular weight excluding hydrogens is 272 g/mol. The highest BCUT2D eigenvalue weighted by molar-refractivity contribution is 7.21. The fourth-order valence-corrected chi connectivity index (χ4v) is 2.87. The number of phenols is 1. The first-order chi connectivity index (χ1) is 9.78. The Labute approximate surface area is 121 Å². The van der Waals surface area contributed by atoms with Crippen molar-refractivity contribution >= 4 is 21.6 Å². The van der Waals surface area contributed by atoms with Gasteiger partial charge in [-0.25, -0.2) is 4.98 Å². The Morgan fingerprint density at radius 1 is 1.15 bits per heavy atom. The van der Waals surface area contributed by atoms with Crippen molar-refractivity contribution in [3.8, 4) is 16.3 Å². The van der Waals surface area contributed by atoms with Gasteiger partial charge in [-0.05, 0) is 29.8 Å². The molecule has 0 aliphatic heterocycles. The van der Waals surface area contributed by atoms with E-state index >= 15 is 0 Å². The van der Waals surface area contributed by atoms with E-state index in [4.69, 9.17) is 10.8 Å². The first-order valence-corrected chi connectivity index (χ1v) is 6.92. The molecule has 0 radical (unpaired) electrons. The molecule has 0 bridgehead atoms. The third kappa shape index (κ3) is 2.80. The van der Waals surface area contributed by atoms with E-state index in [1.807, 2.05) is 36.4 Å². The minimum atomic E-state index is 0.233. The lowest BCUT2D eigenvalue weighted by atomic mass is 10.1. The molecule has 0 fully saturated rings. The predicted molar refractivity (Wildman–Crippen MR) is 82.8 cm³/mol. The minimum absolute atomic E-state index is 0.233. The number of nitrogens with two attached hydrogens (primary N) is 1. The third-order valence-electron chi connectivity index (χ3n) is 2.82. The Morgan fingerprint density at radius 2 is 1.90 bits per heavy atom. The van der Waals surface area contributed by atoms with Crippen molar-refractivity contribution < 1.29 is 10.2 Å². The van der Waals surface area contributed by atoms with Crippen LogP contribution in [0.4, 0.5) is 0 Å². The van der Waals surface area contributed by atoms with Gasteiger partial charge in [0.15, 0.2) is 0 Å². The number of phenolic OH excluding ortho intramolecular Hbond substituents is 1. The lowest BCUT2D eigenvalue weighted by Crippen LogP contribution is -1.95. The number of benzene rings is 2. The molecule has 0 amide bonds. The van der Waals surface area contributed by atoms with Gasteiger partial charge in [0, 0.05) is 13.7 Å². The van der Waals surface area contributed by atoms with Crippen LogP contribution in [0.1, 0.15) is 5.56 Å². The molecule has 0 spiro atoms. The summed E-state index contributed by atoms with van der Waals surface area (Å²) in [6.45, 7) is 0.424. The summed E-state index contributed by atoms with van der Waals surface area (Å²) in [5, 5.41) is 17.8. The first kappa shape index (κ1) is 14.5. The molecule has 0 aliphatic carbocycles. The van der Waals surface area contributed by atoms with Crippen LogP contribution in [0, 0.1) is 0 Å². The number of aromatic hydroxyl groups is 1. The molecule has 2 aromatic carbocycles. The fourth-order valence-electron chi connectivity index (χ4n) is 1.87. The van der Waals surface area contributed by atoms with Crippen LogP contribution in [0.3, 0.4) is 0 Å². The zero-order valence-electron chi connectivity index (χ0n) is 11.1. The molecule has 0 saturated heterocycles. The Morgan fingerprint density at radius 3 is 2.55 bits per heavy atom. The van der Waals surface area contributed by atoms with Gasteiger partial charge in [0.2, 0.25) is 0 Å². The van der Waals surface area contributed by atoms with Gasteiger partial charge in [-0.15, -0.1) is 11.3 Å². The summed E-state index contributed by atoms with van der Waals surface area (Å²) in [5.41, 5.74) is 8.17. The van der Waals surface area contributed by atoms with E-state index in [1.165, 1.54) is 0 Å². The van der Waals surface area contributed by atoms with Gasteiger partial charge in [0.25, 0.3) is 0 Å². The van der Waals surface area contributed by atoms with Crippen LogP contribution in [0.25, 0.3) is 20.8 Å². The second kappa shape index (κ2) is 6.47. The van der Waals surface area contributed by atoms with E-state index in [0.717, 1.165) is 33.5 Å². The summed E-state index contributed by atoms with van der Waals surface area (Å²) in [6.07, 6.45) is 0. The van der Waals surface area contributed by atoms with E-state index in [-0.39, 0.29) is 5.75 Å². The van der Waals surface area contributed by atoms with Gasteiger partial charge in [-0.3, -0.25) is 0 Å². The molecule has 3 aromatic rings. The average Bonchev–Trinajstić information content (AvgIpc) is 2.92. The average molecular weight is 288 g/mol. The maximum atomic E-state index is 10.0. The fraction of sp³-hybridized carbons (Fsp3) is 0.133. The van der Waals surface area contributed by atoms with Gasteiger partial charge in [0.05, 0.1) is 15.8 Å². The van der Waals surface area contributed by atoms with Gasteiger partial charge in [-0.2, -0.15) is 0 Å². The second-order valence-corrected chi connectivity index (χ2v) is 5.07. The molecular formula is C15H16N2O2S. The van der Waals surface area contributed by atoms with Crippen molar-refractivity contribution in [2.45, 2.75) is 6.54 Å². The van der Waals surface area contributed by atoms with Crippen LogP contribution in [0.2, 0.25) is 0 Å². The first-order valence-electron chi connectivity index (χ1n) is 6.10. The summed E-state index contributed by atoms with van der Waals surface area (Å²) >= 11 is 1.58. The Balaban J connectivity index is 0.000000704. The molecule has 0 unspecified atom stereocenters. The standard InChI is InChI=1S/C14H12N2OS.CH4O/c15-8-9-5-6-10(12(17)7-9)14-16-11-3-1-2-4-13(11)18-14;1-2/h1-7,17H,8,15H2;2H,1H3. The zero-order valence-corrected chi connectivity index (χ0v) is 11.9. The van der Waals surface area contributed by atoms with Crippen LogP contribution in [0.5, 0.6) is 5.75 Å². The molecule has 104 valence electrons. The van der Waals surface area contributed by atoms with Crippen molar-refractivity contribution in [1.82, 2.24) is 4.98 Å². The van der Waals surface area contributed by atoms with E-state index < -0.39 is 0 Å². The quantitative estimate of drug-likeness (QED) is 0.677. The van der Waals surface area contributed by atoms with Crippen LogP contribution in [-0.4, -0.2) is 22.3 Å². The highest BCUT2D eigenvalue weighted by Gasteiger charge is 2.10. The van der Waals surface area contributed by atoms with Crippen molar-refractivity contribution in [1.29, 1.82) is 0 Å². The van der Waals surface area contributed by atoms with Gasteiger partial charge < -0.3 is 15.9 Å². The highest BCUT2D eigenvalue weighted by atomic mass is 32.1. The highest BCUT2D eigenvalue weighted by Crippen LogP contribution is 2.35. The molecule has 3 rings (SSSR count). The molecule has 1 heterocycles. The van der Waals surface area contributed by atoms with Crippen LogP contribution >= 0.6 is 11.3 Å². The molecule has 1 aromatic heterocycles. The minimum Gasteiger partial charge on any atom is -0.507 e. The lowest BCUT2D eigenvalue weighted by molar-refractivity contribution is 0.399. The van der Waals surface area contributed by atoms with E-state index in [2.05, 4.69) is 4.98 Å². The summed E-state index contributed by atoms with van der Waals surface area (Å²) < 4.78 is 1.12. The van der Waals surface area contributed by atoms with E-state index in [1.54, 1.807) is 17.4 Å². The van der Waals surface area contributed by atoms with Crippen LogP contribution in [-0.2, 0) is 6.54 Å². The Hall–Kier alpha value is -1.95. The van der Waals surface area contributed by atoms with Crippen LogP contribution < -0.4 is 5.73 Å². The number of rotatable bonds is 2. The summed E-state index contributed by atoms with van der Waals surface area (Å²) in [6, 6.07) is 13.4. The van der Waals surface area contributed by atoms with Crippen molar-refractivity contribution in [2.75, 3.05) is 7.11 Å². The normalized spacial score (nSPS) is 10.2. The molecule has 0 aliphatic rings. The number of aromatic nitrogens is 1.